The van der Waals surface area contributed by atoms with Crippen LogP contribution in [0.5, 0.6) is 0 Å². The number of carbonyl (C=O) groups excluding carboxylic acids is 1. The normalized spacial score (nSPS) is 11.4. The highest BCUT2D eigenvalue weighted by Gasteiger charge is 2.19. The van der Waals surface area contributed by atoms with Gasteiger partial charge in [-0.3, -0.25) is 4.79 Å². The van der Waals surface area contributed by atoms with Gasteiger partial charge in [-0.2, -0.15) is 0 Å². The van der Waals surface area contributed by atoms with Gasteiger partial charge in [-0.25, -0.2) is 4.79 Å². The fraction of sp³-hybridized carbons (Fsp3) is 0.304. The lowest BCUT2D eigenvalue weighted by molar-refractivity contribution is -0.121. The number of rotatable bonds is 5. The van der Waals surface area contributed by atoms with Gasteiger partial charge in [0.2, 0.25) is 5.91 Å². The molecule has 3 aromatic heterocycles. The Balaban J connectivity index is 1.64. The lowest BCUT2D eigenvalue weighted by Gasteiger charge is -2.10. The molecule has 3 heterocycles. The summed E-state index contributed by atoms with van der Waals surface area (Å²) in [5.74, 6) is 1.39. The number of hydrogen-bond acceptors (Lipinski definition) is 5. The van der Waals surface area contributed by atoms with Crippen molar-refractivity contribution in [3.05, 3.63) is 68.7 Å². The van der Waals surface area contributed by atoms with Gasteiger partial charge in [0.25, 0.3) is 0 Å². The molecule has 1 N–H and O–H groups in total. The van der Waals surface area contributed by atoms with Crippen LogP contribution < -0.4 is 10.9 Å². The van der Waals surface area contributed by atoms with Crippen molar-refractivity contribution in [1.29, 1.82) is 0 Å². The third-order valence-corrected chi connectivity index (χ3v) is 5.59. The van der Waals surface area contributed by atoms with Gasteiger partial charge < -0.3 is 18.6 Å². The molecule has 0 radical (unpaired) electrons. The number of amides is 1. The number of nitrogens with one attached hydrogen (secondary N) is 1. The molecule has 0 atom stereocenters. The van der Waals surface area contributed by atoms with Gasteiger partial charge in [0.15, 0.2) is 0 Å². The van der Waals surface area contributed by atoms with Crippen molar-refractivity contribution in [2.45, 2.75) is 47.1 Å². The molecule has 0 aliphatic carbocycles. The number of carbonyl (C=O) groups is 1. The lowest BCUT2D eigenvalue weighted by Crippen LogP contribution is -2.24. The van der Waals surface area contributed by atoms with Crippen molar-refractivity contribution in [3.63, 3.8) is 0 Å². The highest BCUT2D eigenvalue weighted by molar-refractivity contribution is 6.00. The second-order valence-electron chi connectivity index (χ2n) is 7.39. The maximum Gasteiger partial charge on any atom is 0.339 e. The van der Waals surface area contributed by atoms with Gasteiger partial charge in [0.1, 0.15) is 22.7 Å². The SMILES string of the molecule is Cc1oc2c(C)c3oc(=O)c(CCC(=O)NCc4ccco4)c(C)c3cc2c1C. The molecule has 0 aliphatic rings. The van der Waals surface area contributed by atoms with Crippen molar-refractivity contribution < 1.29 is 18.0 Å². The van der Waals surface area contributed by atoms with E-state index in [1.54, 1.807) is 18.4 Å². The quantitative estimate of drug-likeness (QED) is 0.500. The van der Waals surface area contributed by atoms with E-state index < -0.39 is 5.63 Å². The fourth-order valence-corrected chi connectivity index (χ4v) is 3.71. The van der Waals surface area contributed by atoms with Crippen LogP contribution in [0.15, 0.2) is 42.5 Å². The third-order valence-electron chi connectivity index (χ3n) is 5.59. The molecule has 6 heteroatoms. The van der Waals surface area contributed by atoms with Crippen LogP contribution in [0.25, 0.3) is 21.9 Å². The zero-order chi connectivity index (χ0) is 20.7. The Bertz CT molecular complexity index is 1270. The van der Waals surface area contributed by atoms with E-state index in [9.17, 15) is 9.59 Å². The maximum absolute atomic E-state index is 12.6. The van der Waals surface area contributed by atoms with Crippen LogP contribution in [0.1, 0.15) is 40.2 Å². The molecule has 0 bridgehead atoms. The van der Waals surface area contributed by atoms with Crippen LogP contribution in [0.4, 0.5) is 0 Å². The summed E-state index contributed by atoms with van der Waals surface area (Å²) in [6, 6.07) is 5.58. The molecule has 0 saturated heterocycles. The van der Waals surface area contributed by atoms with Crippen molar-refractivity contribution in [3.8, 4) is 0 Å². The Morgan fingerprint density at radius 3 is 2.45 bits per heavy atom. The first-order chi connectivity index (χ1) is 13.9. The number of furan rings is 2. The Morgan fingerprint density at radius 2 is 1.72 bits per heavy atom. The van der Waals surface area contributed by atoms with E-state index in [1.807, 2.05) is 33.8 Å². The van der Waals surface area contributed by atoms with E-state index in [2.05, 4.69) is 5.32 Å². The molecule has 1 aromatic carbocycles. The first-order valence-corrected chi connectivity index (χ1v) is 9.61. The molecular formula is C23H23NO5. The number of aryl methyl sites for hydroxylation is 4. The first-order valence-electron chi connectivity index (χ1n) is 9.61. The van der Waals surface area contributed by atoms with Crippen LogP contribution in [-0.4, -0.2) is 5.91 Å². The van der Waals surface area contributed by atoms with Gasteiger partial charge in [-0.15, -0.1) is 0 Å². The molecule has 29 heavy (non-hydrogen) atoms. The molecule has 0 aliphatic heterocycles. The third kappa shape index (κ3) is 3.35. The second kappa shape index (κ2) is 7.28. The minimum Gasteiger partial charge on any atom is -0.467 e. The van der Waals surface area contributed by atoms with Crippen LogP contribution in [0.2, 0.25) is 0 Å². The van der Waals surface area contributed by atoms with Crippen LogP contribution >= 0.6 is 0 Å². The van der Waals surface area contributed by atoms with Gasteiger partial charge >= 0.3 is 5.63 Å². The van der Waals surface area contributed by atoms with E-state index in [4.69, 9.17) is 13.3 Å². The lowest BCUT2D eigenvalue weighted by atomic mass is 9.98. The molecule has 0 unspecified atom stereocenters. The maximum atomic E-state index is 12.6. The highest BCUT2D eigenvalue weighted by atomic mass is 16.4. The standard InChI is InChI=1S/C23H23NO5/c1-12-15(4)28-21-14(3)22-19(10-18(12)21)13(2)17(23(26)29-22)7-8-20(25)24-11-16-6-5-9-27-16/h5-6,9-10H,7-8,11H2,1-4H3,(H,24,25). The molecule has 0 spiro atoms. The fourth-order valence-electron chi connectivity index (χ4n) is 3.71. The topological polar surface area (TPSA) is 85.6 Å². The molecule has 4 aromatic rings. The first kappa shape index (κ1) is 19.1. The van der Waals surface area contributed by atoms with Crippen LogP contribution in [-0.2, 0) is 17.8 Å². The summed E-state index contributed by atoms with van der Waals surface area (Å²) in [4.78, 5) is 24.8. The van der Waals surface area contributed by atoms with E-state index in [0.29, 0.717) is 29.9 Å². The number of hydrogen-bond donors (Lipinski definition) is 1. The average molecular weight is 393 g/mol. The molecule has 1 amide bonds. The summed E-state index contributed by atoms with van der Waals surface area (Å²) >= 11 is 0. The van der Waals surface area contributed by atoms with Crippen molar-refractivity contribution >= 4 is 27.8 Å². The summed E-state index contributed by atoms with van der Waals surface area (Å²) in [6.45, 7) is 8.08. The summed E-state index contributed by atoms with van der Waals surface area (Å²) in [7, 11) is 0. The summed E-state index contributed by atoms with van der Waals surface area (Å²) in [6.07, 6.45) is 2.07. The highest BCUT2D eigenvalue weighted by Crippen LogP contribution is 2.34. The van der Waals surface area contributed by atoms with E-state index >= 15 is 0 Å². The average Bonchev–Trinajstić information content (AvgIpc) is 3.30. The molecule has 0 fully saturated rings. The summed E-state index contributed by atoms with van der Waals surface area (Å²) in [5.41, 5.74) is 4.16. The number of fused-ring (bicyclic) bond motifs is 2. The molecule has 6 nitrogen and oxygen atoms in total. The Morgan fingerprint density at radius 1 is 1.00 bits per heavy atom. The summed E-state index contributed by atoms with van der Waals surface area (Å²) < 4.78 is 16.7. The smallest absolute Gasteiger partial charge is 0.339 e. The van der Waals surface area contributed by atoms with Crippen LogP contribution in [0.3, 0.4) is 0 Å². The predicted octanol–water partition coefficient (Wildman–Crippen LogP) is 4.61. The second-order valence-corrected chi connectivity index (χ2v) is 7.39. The Hall–Kier alpha value is -3.28. The minimum absolute atomic E-state index is 0.145. The molecule has 0 saturated carbocycles. The molecular weight excluding hydrogens is 370 g/mol. The van der Waals surface area contributed by atoms with Crippen molar-refractivity contribution in [2.75, 3.05) is 0 Å². The molecule has 4 rings (SSSR count). The minimum atomic E-state index is -0.406. The van der Waals surface area contributed by atoms with E-state index in [1.165, 1.54) is 0 Å². The summed E-state index contributed by atoms with van der Waals surface area (Å²) in [5, 5.41) is 4.70. The van der Waals surface area contributed by atoms with Gasteiger partial charge in [0.05, 0.1) is 12.8 Å². The zero-order valence-corrected chi connectivity index (χ0v) is 17.0. The van der Waals surface area contributed by atoms with Gasteiger partial charge in [-0.05, 0) is 63.4 Å². The Kier molecular flexibility index (Phi) is 4.78. The van der Waals surface area contributed by atoms with E-state index in [0.717, 1.165) is 38.8 Å². The molecule has 150 valence electrons. The predicted molar refractivity (Wildman–Crippen MR) is 110 cm³/mol. The van der Waals surface area contributed by atoms with Gasteiger partial charge in [-0.1, -0.05) is 0 Å². The van der Waals surface area contributed by atoms with Crippen molar-refractivity contribution in [2.24, 2.45) is 0 Å². The van der Waals surface area contributed by atoms with E-state index in [-0.39, 0.29) is 12.3 Å². The zero-order valence-electron chi connectivity index (χ0n) is 17.0. The van der Waals surface area contributed by atoms with Gasteiger partial charge in [0, 0.05) is 28.3 Å². The number of benzene rings is 1. The van der Waals surface area contributed by atoms with Crippen LogP contribution in [0, 0.1) is 27.7 Å². The Labute approximate surface area is 167 Å². The van der Waals surface area contributed by atoms with Crippen molar-refractivity contribution in [1.82, 2.24) is 5.32 Å². The monoisotopic (exact) mass is 393 g/mol. The largest absolute Gasteiger partial charge is 0.467 e.